The third-order valence-electron chi connectivity index (χ3n) is 2.92. The number of aromatic nitrogens is 4. The van der Waals surface area contributed by atoms with Crippen LogP contribution in [0.3, 0.4) is 0 Å². The molecule has 0 aromatic carbocycles. The minimum Gasteiger partial charge on any atom is -0.274 e. The Bertz CT molecular complexity index is 588. The van der Waals surface area contributed by atoms with Gasteiger partial charge >= 0.3 is 0 Å². The van der Waals surface area contributed by atoms with Crippen LogP contribution in [-0.2, 0) is 0 Å². The molecule has 0 spiro atoms. The molecule has 2 aromatic rings. The molecule has 1 aliphatic carbocycles. The van der Waals surface area contributed by atoms with Crippen LogP contribution in [0.2, 0.25) is 0 Å². The molecule has 2 aromatic heterocycles. The average Bonchev–Trinajstić information content (AvgIpc) is 2.73. The molecule has 0 amide bonds. The molecule has 0 radical (unpaired) electrons. The van der Waals surface area contributed by atoms with E-state index in [0.717, 1.165) is 5.57 Å². The fourth-order valence-corrected chi connectivity index (χ4v) is 2.00. The van der Waals surface area contributed by atoms with Gasteiger partial charge in [0.1, 0.15) is 5.52 Å². The van der Waals surface area contributed by atoms with Gasteiger partial charge in [0.2, 0.25) is 0 Å². The van der Waals surface area contributed by atoms with E-state index in [2.05, 4.69) is 20.2 Å². The minimum absolute atomic E-state index is 0.125. The lowest BCUT2D eigenvalue weighted by atomic mass is 9.94. The fourth-order valence-electron chi connectivity index (χ4n) is 2.00. The summed E-state index contributed by atoms with van der Waals surface area (Å²) in [5, 5.41) is 6.83. The minimum atomic E-state index is -2.58. The van der Waals surface area contributed by atoms with E-state index in [1.165, 1.54) is 0 Å². The highest BCUT2D eigenvalue weighted by Crippen LogP contribution is 2.36. The van der Waals surface area contributed by atoms with E-state index in [-0.39, 0.29) is 12.8 Å². The molecular formula is C11H10F2N4. The van der Waals surface area contributed by atoms with E-state index in [4.69, 9.17) is 0 Å². The Hall–Kier alpha value is -1.85. The Kier molecular flexibility index (Phi) is 2.17. The second kappa shape index (κ2) is 3.58. The highest BCUT2D eigenvalue weighted by Gasteiger charge is 2.31. The number of alkyl halides is 2. The van der Waals surface area contributed by atoms with E-state index >= 15 is 0 Å². The number of hydrogen-bond acceptors (Lipinski definition) is 3. The first kappa shape index (κ1) is 10.3. The van der Waals surface area contributed by atoms with E-state index in [1.807, 2.05) is 0 Å². The first-order chi connectivity index (χ1) is 8.16. The van der Waals surface area contributed by atoms with Gasteiger partial charge in [-0.25, -0.2) is 18.7 Å². The highest BCUT2D eigenvalue weighted by molar-refractivity contribution is 5.84. The molecule has 0 saturated heterocycles. The molecule has 0 bridgehead atoms. The van der Waals surface area contributed by atoms with Gasteiger partial charge < -0.3 is 0 Å². The Labute approximate surface area is 95.8 Å². The van der Waals surface area contributed by atoms with Gasteiger partial charge in [-0.1, -0.05) is 6.08 Å². The maximum atomic E-state index is 13.0. The lowest BCUT2D eigenvalue weighted by molar-refractivity contribution is -0.00604. The molecule has 0 fully saturated rings. The number of nitrogens with one attached hydrogen (secondary N) is 1. The van der Waals surface area contributed by atoms with Crippen molar-refractivity contribution in [1.29, 1.82) is 0 Å². The summed E-state index contributed by atoms with van der Waals surface area (Å²) in [7, 11) is 0. The van der Waals surface area contributed by atoms with Crippen molar-refractivity contribution in [3.8, 4) is 0 Å². The van der Waals surface area contributed by atoms with Crippen molar-refractivity contribution < 1.29 is 8.78 Å². The van der Waals surface area contributed by atoms with Crippen molar-refractivity contribution in [2.24, 2.45) is 0 Å². The van der Waals surface area contributed by atoms with Crippen molar-refractivity contribution in [2.75, 3.05) is 0 Å². The lowest BCUT2D eigenvalue weighted by Crippen LogP contribution is -2.18. The Morgan fingerprint density at radius 1 is 1.24 bits per heavy atom. The van der Waals surface area contributed by atoms with E-state index in [0.29, 0.717) is 23.3 Å². The molecule has 0 aliphatic heterocycles. The van der Waals surface area contributed by atoms with Crippen molar-refractivity contribution in [1.82, 2.24) is 20.2 Å². The molecule has 0 atom stereocenters. The van der Waals surface area contributed by atoms with Gasteiger partial charge in [-0.3, -0.25) is 5.10 Å². The normalized spacial score (nSPS) is 19.3. The zero-order valence-electron chi connectivity index (χ0n) is 8.95. The van der Waals surface area contributed by atoms with Crippen LogP contribution in [0.25, 0.3) is 16.7 Å². The molecule has 88 valence electrons. The van der Waals surface area contributed by atoms with E-state index in [9.17, 15) is 8.78 Å². The molecule has 0 saturated carbocycles. The number of nitrogens with zero attached hydrogens (tertiary/aromatic N) is 3. The molecule has 17 heavy (non-hydrogen) atoms. The maximum absolute atomic E-state index is 13.0. The molecule has 6 heteroatoms. The van der Waals surface area contributed by atoms with Gasteiger partial charge in [-0.15, -0.1) is 0 Å². The van der Waals surface area contributed by atoms with Crippen LogP contribution in [-0.4, -0.2) is 26.1 Å². The van der Waals surface area contributed by atoms with Crippen LogP contribution < -0.4 is 0 Å². The number of hydrogen-bond donors (Lipinski definition) is 1. The monoisotopic (exact) mass is 236 g/mol. The summed E-state index contributed by atoms with van der Waals surface area (Å²) in [6, 6.07) is 0. The smallest absolute Gasteiger partial charge is 0.251 e. The zero-order chi connectivity index (χ0) is 11.9. The summed E-state index contributed by atoms with van der Waals surface area (Å²) < 4.78 is 26.1. The molecule has 1 aliphatic rings. The lowest BCUT2D eigenvalue weighted by Gasteiger charge is -2.20. The third-order valence-corrected chi connectivity index (χ3v) is 2.92. The molecular weight excluding hydrogens is 226 g/mol. The predicted octanol–water partition coefficient (Wildman–Crippen LogP) is 2.56. The first-order valence-corrected chi connectivity index (χ1v) is 5.38. The fraction of sp³-hybridized carbons (Fsp3) is 0.364. The van der Waals surface area contributed by atoms with Gasteiger partial charge in [0.05, 0.1) is 5.69 Å². The molecule has 3 rings (SSSR count). The number of aromatic amines is 1. The average molecular weight is 236 g/mol. The molecule has 1 N–H and O–H groups in total. The summed E-state index contributed by atoms with van der Waals surface area (Å²) in [6.45, 7) is 0. The van der Waals surface area contributed by atoms with Crippen molar-refractivity contribution in [2.45, 2.75) is 25.2 Å². The van der Waals surface area contributed by atoms with E-state index < -0.39 is 5.92 Å². The van der Waals surface area contributed by atoms with Gasteiger partial charge in [0.15, 0.2) is 5.65 Å². The third kappa shape index (κ3) is 1.79. The number of allylic oxidation sites excluding steroid dienone is 2. The van der Waals surface area contributed by atoms with Gasteiger partial charge in [-0.05, 0) is 12.0 Å². The van der Waals surface area contributed by atoms with Crippen LogP contribution in [0.15, 0.2) is 18.5 Å². The van der Waals surface area contributed by atoms with Crippen molar-refractivity contribution in [3.05, 3.63) is 24.2 Å². The standard InChI is InChI=1S/C11H10F2N4/c12-11(13)3-1-7(2-4-11)8-9-10(17-16-8)15-6-5-14-9/h1,5-6H,2-4H2,(H,15,16,17). The number of H-pyrrole nitrogens is 1. The molecule has 4 nitrogen and oxygen atoms in total. The summed E-state index contributed by atoms with van der Waals surface area (Å²) in [4.78, 5) is 8.21. The zero-order valence-corrected chi connectivity index (χ0v) is 8.95. The van der Waals surface area contributed by atoms with Crippen LogP contribution in [0.5, 0.6) is 0 Å². The largest absolute Gasteiger partial charge is 0.274 e. The van der Waals surface area contributed by atoms with Crippen molar-refractivity contribution in [3.63, 3.8) is 0 Å². The Balaban J connectivity index is 2.03. The SMILES string of the molecule is FC1(F)CC=C(c2[nH]nc3nccnc23)CC1. The topological polar surface area (TPSA) is 54.5 Å². The second-order valence-corrected chi connectivity index (χ2v) is 4.12. The summed E-state index contributed by atoms with van der Waals surface area (Å²) in [6.07, 6.45) is 4.67. The van der Waals surface area contributed by atoms with Gasteiger partial charge in [0.25, 0.3) is 5.92 Å². The summed E-state index contributed by atoms with van der Waals surface area (Å²) in [5.74, 6) is -2.58. The number of halogens is 2. The molecule has 2 heterocycles. The van der Waals surface area contributed by atoms with Gasteiger partial charge in [-0.2, -0.15) is 5.10 Å². The quantitative estimate of drug-likeness (QED) is 0.827. The summed E-state index contributed by atoms with van der Waals surface area (Å²) >= 11 is 0. The Morgan fingerprint density at radius 2 is 2.06 bits per heavy atom. The number of fused-ring (bicyclic) bond motifs is 1. The Morgan fingerprint density at radius 3 is 2.82 bits per heavy atom. The summed E-state index contributed by atoms with van der Waals surface area (Å²) in [5.41, 5.74) is 2.72. The van der Waals surface area contributed by atoms with Crippen LogP contribution in [0.4, 0.5) is 8.78 Å². The highest BCUT2D eigenvalue weighted by atomic mass is 19.3. The van der Waals surface area contributed by atoms with E-state index in [1.54, 1.807) is 18.5 Å². The van der Waals surface area contributed by atoms with Crippen LogP contribution >= 0.6 is 0 Å². The predicted molar refractivity (Wildman–Crippen MR) is 58.5 cm³/mol. The van der Waals surface area contributed by atoms with Gasteiger partial charge in [0, 0.05) is 25.2 Å². The van der Waals surface area contributed by atoms with Crippen LogP contribution in [0, 0.1) is 0 Å². The van der Waals surface area contributed by atoms with Crippen LogP contribution in [0.1, 0.15) is 25.0 Å². The maximum Gasteiger partial charge on any atom is 0.251 e. The number of rotatable bonds is 1. The van der Waals surface area contributed by atoms with Crippen molar-refractivity contribution >= 4 is 16.7 Å². The first-order valence-electron chi connectivity index (χ1n) is 5.38. The molecule has 0 unspecified atom stereocenters. The second-order valence-electron chi connectivity index (χ2n) is 4.12.